The molecule has 2 heterocycles. The van der Waals surface area contributed by atoms with Gasteiger partial charge in [-0.25, -0.2) is 4.39 Å². The maximum atomic E-state index is 13.0. The molecule has 0 unspecified atom stereocenters. The second kappa shape index (κ2) is 4.30. The fourth-order valence-electron chi connectivity index (χ4n) is 2.79. The zero-order chi connectivity index (χ0) is 13.5. The van der Waals surface area contributed by atoms with Crippen molar-refractivity contribution in [3.63, 3.8) is 0 Å². The SMILES string of the molecule is Fc1ccc([C@H]2CN3C(=N2)C=Cc2ccccc23)cc1. The Kier molecular flexibility index (Phi) is 2.46. The van der Waals surface area contributed by atoms with E-state index < -0.39 is 0 Å². The van der Waals surface area contributed by atoms with E-state index in [4.69, 9.17) is 4.99 Å². The largest absolute Gasteiger partial charge is 0.324 e. The van der Waals surface area contributed by atoms with Gasteiger partial charge in [0, 0.05) is 5.69 Å². The molecular weight excluding hydrogens is 251 g/mol. The maximum Gasteiger partial charge on any atom is 0.128 e. The topological polar surface area (TPSA) is 15.6 Å². The van der Waals surface area contributed by atoms with Crippen LogP contribution in [0.4, 0.5) is 10.1 Å². The molecular formula is C17H13FN2. The second-order valence-corrected chi connectivity index (χ2v) is 5.06. The Morgan fingerprint density at radius 1 is 1.00 bits per heavy atom. The van der Waals surface area contributed by atoms with Crippen LogP contribution in [0.3, 0.4) is 0 Å². The van der Waals surface area contributed by atoms with E-state index in [-0.39, 0.29) is 11.9 Å². The molecule has 0 fully saturated rings. The first-order chi connectivity index (χ1) is 9.81. The minimum atomic E-state index is -0.206. The number of benzene rings is 2. The fraction of sp³-hybridized carbons (Fsp3) is 0.118. The van der Waals surface area contributed by atoms with Crippen LogP contribution in [-0.4, -0.2) is 12.4 Å². The van der Waals surface area contributed by atoms with Crippen molar-refractivity contribution >= 4 is 17.6 Å². The van der Waals surface area contributed by atoms with Gasteiger partial charge >= 0.3 is 0 Å². The number of fused-ring (bicyclic) bond motifs is 3. The number of halogens is 1. The third kappa shape index (κ3) is 1.74. The lowest BCUT2D eigenvalue weighted by molar-refractivity contribution is 0.625. The molecule has 0 spiro atoms. The number of nitrogens with zero attached hydrogens (tertiary/aromatic N) is 2. The number of amidine groups is 1. The van der Waals surface area contributed by atoms with Crippen LogP contribution < -0.4 is 4.90 Å². The van der Waals surface area contributed by atoms with Crippen LogP contribution in [-0.2, 0) is 0 Å². The Hall–Kier alpha value is -2.42. The predicted molar refractivity (Wildman–Crippen MR) is 79.4 cm³/mol. The van der Waals surface area contributed by atoms with Crippen LogP contribution in [0, 0.1) is 5.82 Å². The van der Waals surface area contributed by atoms with E-state index in [1.54, 1.807) is 0 Å². The quantitative estimate of drug-likeness (QED) is 0.764. The summed E-state index contributed by atoms with van der Waals surface area (Å²) >= 11 is 0. The van der Waals surface area contributed by atoms with Crippen molar-refractivity contribution in [1.29, 1.82) is 0 Å². The second-order valence-electron chi connectivity index (χ2n) is 5.06. The summed E-state index contributed by atoms with van der Waals surface area (Å²) < 4.78 is 13.0. The molecule has 2 aromatic carbocycles. The highest BCUT2D eigenvalue weighted by Gasteiger charge is 2.28. The van der Waals surface area contributed by atoms with Crippen molar-refractivity contribution in [2.75, 3.05) is 11.4 Å². The minimum absolute atomic E-state index is 0.0707. The minimum Gasteiger partial charge on any atom is -0.324 e. The molecule has 1 atom stereocenters. The third-order valence-electron chi connectivity index (χ3n) is 3.81. The zero-order valence-corrected chi connectivity index (χ0v) is 10.8. The lowest BCUT2D eigenvalue weighted by atomic mass is 10.1. The number of para-hydroxylation sites is 1. The summed E-state index contributed by atoms with van der Waals surface area (Å²) in [5, 5.41) is 0. The lowest BCUT2D eigenvalue weighted by Gasteiger charge is -2.24. The Labute approximate surface area is 116 Å². The maximum absolute atomic E-state index is 13.0. The van der Waals surface area contributed by atoms with Crippen LogP contribution in [0.5, 0.6) is 0 Å². The van der Waals surface area contributed by atoms with Crippen LogP contribution in [0.25, 0.3) is 6.08 Å². The smallest absolute Gasteiger partial charge is 0.128 e. The van der Waals surface area contributed by atoms with E-state index in [0.29, 0.717) is 0 Å². The molecule has 4 rings (SSSR count). The third-order valence-corrected chi connectivity index (χ3v) is 3.81. The molecule has 0 radical (unpaired) electrons. The summed E-state index contributed by atoms with van der Waals surface area (Å²) in [4.78, 5) is 6.97. The van der Waals surface area contributed by atoms with Crippen LogP contribution in [0.2, 0.25) is 0 Å². The van der Waals surface area contributed by atoms with E-state index in [2.05, 4.69) is 23.1 Å². The predicted octanol–water partition coefficient (Wildman–Crippen LogP) is 3.81. The zero-order valence-electron chi connectivity index (χ0n) is 10.8. The molecule has 0 bridgehead atoms. The first kappa shape index (κ1) is 11.4. The fourth-order valence-corrected chi connectivity index (χ4v) is 2.79. The first-order valence-corrected chi connectivity index (χ1v) is 6.69. The van der Waals surface area contributed by atoms with Gasteiger partial charge in [-0.3, -0.25) is 4.99 Å². The van der Waals surface area contributed by atoms with Crippen LogP contribution in [0.15, 0.2) is 59.6 Å². The van der Waals surface area contributed by atoms with Gasteiger partial charge in [0.05, 0.1) is 12.6 Å². The number of aliphatic imine (C=N–C) groups is 1. The first-order valence-electron chi connectivity index (χ1n) is 6.69. The summed E-state index contributed by atoms with van der Waals surface area (Å²) in [6, 6.07) is 15.0. The molecule has 3 heteroatoms. The highest BCUT2D eigenvalue weighted by Crippen LogP contribution is 2.34. The molecule has 0 saturated heterocycles. The standard InChI is InChI=1S/C17H13FN2/c18-14-8-5-12(6-9-14)15-11-20-16-4-2-1-3-13(16)7-10-17(20)19-15/h1-10,15H,11H2/t15-/m1/s1. The number of anilines is 1. The van der Waals surface area contributed by atoms with E-state index in [1.165, 1.54) is 23.4 Å². The normalized spacial score (nSPS) is 19.6. The summed E-state index contributed by atoms with van der Waals surface area (Å²) in [6.45, 7) is 0.808. The molecule has 0 saturated carbocycles. The Bertz CT molecular complexity index is 716. The molecule has 0 aliphatic carbocycles. The summed E-state index contributed by atoms with van der Waals surface area (Å²) in [6.07, 6.45) is 4.14. The Balaban J connectivity index is 1.70. The van der Waals surface area contributed by atoms with Gasteiger partial charge < -0.3 is 4.90 Å². The number of hydrogen-bond acceptors (Lipinski definition) is 2. The Morgan fingerprint density at radius 2 is 1.80 bits per heavy atom. The van der Waals surface area contributed by atoms with E-state index in [9.17, 15) is 4.39 Å². The van der Waals surface area contributed by atoms with Gasteiger partial charge in [-0.15, -0.1) is 0 Å². The average molecular weight is 264 g/mol. The van der Waals surface area contributed by atoms with Crippen molar-refractivity contribution in [2.24, 2.45) is 4.99 Å². The van der Waals surface area contributed by atoms with E-state index in [1.807, 2.05) is 30.3 Å². The van der Waals surface area contributed by atoms with Gasteiger partial charge in [0.1, 0.15) is 11.7 Å². The van der Waals surface area contributed by atoms with Crippen molar-refractivity contribution in [3.8, 4) is 0 Å². The highest BCUT2D eigenvalue weighted by molar-refractivity contribution is 6.13. The molecule has 2 aliphatic heterocycles. The summed E-state index contributed by atoms with van der Waals surface area (Å²) in [5.74, 6) is 0.778. The molecule has 98 valence electrons. The van der Waals surface area contributed by atoms with E-state index >= 15 is 0 Å². The number of hydrogen-bond donors (Lipinski definition) is 0. The molecule has 2 aromatic rings. The van der Waals surface area contributed by atoms with E-state index in [0.717, 1.165) is 17.9 Å². The molecule has 0 amide bonds. The van der Waals surface area contributed by atoms with Crippen molar-refractivity contribution in [3.05, 3.63) is 71.6 Å². The molecule has 0 aromatic heterocycles. The number of rotatable bonds is 1. The van der Waals surface area contributed by atoms with Crippen LogP contribution in [0.1, 0.15) is 17.2 Å². The van der Waals surface area contributed by atoms with Gasteiger partial charge in [-0.05, 0) is 41.5 Å². The summed E-state index contributed by atoms with van der Waals surface area (Å²) in [7, 11) is 0. The highest BCUT2D eigenvalue weighted by atomic mass is 19.1. The van der Waals surface area contributed by atoms with Gasteiger partial charge in [0.15, 0.2) is 0 Å². The van der Waals surface area contributed by atoms with Crippen LogP contribution >= 0.6 is 0 Å². The molecule has 2 aliphatic rings. The van der Waals surface area contributed by atoms with Crippen molar-refractivity contribution in [1.82, 2.24) is 0 Å². The monoisotopic (exact) mass is 264 g/mol. The molecule has 20 heavy (non-hydrogen) atoms. The van der Waals surface area contributed by atoms with Crippen molar-refractivity contribution < 1.29 is 4.39 Å². The average Bonchev–Trinajstić information content (AvgIpc) is 2.92. The van der Waals surface area contributed by atoms with Crippen molar-refractivity contribution in [2.45, 2.75) is 6.04 Å². The molecule has 2 nitrogen and oxygen atoms in total. The Morgan fingerprint density at radius 3 is 2.65 bits per heavy atom. The van der Waals surface area contributed by atoms with Gasteiger partial charge in [-0.2, -0.15) is 0 Å². The molecule has 0 N–H and O–H groups in total. The van der Waals surface area contributed by atoms with Gasteiger partial charge in [0.25, 0.3) is 0 Å². The lowest BCUT2D eigenvalue weighted by Crippen LogP contribution is -2.28. The van der Waals surface area contributed by atoms with Gasteiger partial charge in [0.2, 0.25) is 0 Å². The van der Waals surface area contributed by atoms with Gasteiger partial charge in [-0.1, -0.05) is 30.3 Å². The summed E-state index contributed by atoms with van der Waals surface area (Å²) in [5.41, 5.74) is 3.46.